The predicted octanol–water partition coefficient (Wildman–Crippen LogP) is 3.31. The van der Waals surface area contributed by atoms with Crippen molar-refractivity contribution < 1.29 is 9.53 Å². The van der Waals surface area contributed by atoms with Crippen molar-refractivity contribution in [3.05, 3.63) is 34.5 Å². The van der Waals surface area contributed by atoms with Crippen molar-refractivity contribution in [3.63, 3.8) is 0 Å². The normalized spacial score (nSPS) is 13.8. The molecule has 3 rings (SSSR count). The molecule has 0 saturated carbocycles. The number of esters is 1. The Bertz CT molecular complexity index is 682. The molecule has 0 fully saturated rings. The van der Waals surface area contributed by atoms with Crippen LogP contribution in [-0.4, -0.2) is 17.1 Å². The Morgan fingerprint density at radius 2 is 2.15 bits per heavy atom. The van der Waals surface area contributed by atoms with E-state index in [1.54, 1.807) is 0 Å². The van der Waals surface area contributed by atoms with Gasteiger partial charge >= 0.3 is 5.97 Å². The molecule has 1 aromatic carbocycles. The quantitative estimate of drug-likeness (QED) is 0.802. The van der Waals surface area contributed by atoms with E-state index in [0.717, 1.165) is 18.5 Å². The standard InChI is InChI=1S/C17H21NO2/c1-4-20-16(19)10-14-12(3)18-7-5-6-13-8-11(2)9-15(14)17(13)18/h8-9H,4-7,10H2,1-3H3. The van der Waals surface area contributed by atoms with E-state index in [0.29, 0.717) is 13.0 Å². The Kier molecular flexibility index (Phi) is 3.28. The molecule has 0 N–H and O–H groups in total. The SMILES string of the molecule is CCOC(=O)Cc1c(C)n2c3c(cc(C)cc13)CCC2. The van der Waals surface area contributed by atoms with Crippen molar-refractivity contribution in [2.75, 3.05) is 6.61 Å². The van der Waals surface area contributed by atoms with Crippen LogP contribution in [-0.2, 0) is 28.9 Å². The van der Waals surface area contributed by atoms with E-state index in [1.807, 2.05) is 6.92 Å². The van der Waals surface area contributed by atoms with E-state index < -0.39 is 0 Å². The number of hydrogen-bond acceptors (Lipinski definition) is 2. The third-order valence-corrected chi connectivity index (χ3v) is 4.22. The van der Waals surface area contributed by atoms with Crippen LogP contribution >= 0.6 is 0 Å². The third kappa shape index (κ3) is 2.01. The highest BCUT2D eigenvalue weighted by Crippen LogP contribution is 2.34. The Morgan fingerprint density at radius 3 is 2.90 bits per heavy atom. The molecule has 0 aliphatic carbocycles. The van der Waals surface area contributed by atoms with E-state index in [9.17, 15) is 4.79 Å². The van der Waals surface area contributed by atoms with Crippen LogP contribution in [0, 0.1) is 13.8 Å². The highest BCUT2D eigenvalue weighted by molar-refractivity contribution is 5.92. The smallest absolute Gasteiger partial charge is 0.310 e. The summed E-state index contributed by atoms with van der Waals surface area (Å²) in [5.74, 6) is -0.128. The summed E-state index contributed by atoms with van der Waals surface area (Å²) in [6.07, 6.45) is 2.70. The fourth-order valence-electron chi connectivity index (χ4n) is 3.41. The molecule has 0 amide bonds. The average Bonchev–Trinajstić information content (AvgIpc) is 2.66. The second kappa shape index (κ2) is 4.97. The van der Waals surface area contributed by atoms with Gasteiger partial charge in [0, 0.05) is 17.6 Å². The molecule has 0 saturated heterocycles. The minimum Gasteiger partial charge on any atom is -0.466 e. The number of ether oxygens (including phenoxy) is 1. The Morgan fingerprint density at radius 1 is 1.35 bits per heavy atom. The van der Waals surface area contributed by atoms with E-state index in [4.69, 9.17) is 4.74 Å². The van der Waals surface area contributed by atoms with E-state index >= 15 is 0 Å². The molecule has 0 atom stereocenters. The largest absolute Gasteiger partial charge is 0.466 e. The fraction of sp³-hybridized carbons (Fsp3) is 0.471. The number of hydrogen-bond donors (Lipinski definition) is 0. The van der Waals surface area contributed by atoms with Crippen molar-refractivity contribution in [2.24, 2.45) is 0 Å². The van der Waals surface area contributed by atoms with Gasteiger partial charge in [0.25, 0.3) is 0 Å². The predicted molar refractivity (Wildman–Crippen MR) is 80.1 cm³/mol. The van der Waals surface area contributed by atoms with Crippen LogP contribution in [0.3, 0.4) is 0 Å². The summed E-state index contributed by atoms with van der Waals surface area (Å²) in [5, 5.41) is 1.24. The lowest BCUT2D eigenvalue weighted by molar-refractivity contribution is -0.142. The van der Waals surface area contributed by atoms with Crippen LogP contribution in [0.5, 0.6) is 0 Å². The molecule has 1 aliphatic heterocycles. The van der Waals surface area contributed by atoms with Gasteiger partial charge in [0.2, 0.25) is 0 Å². The van der Waals surface area contributed by atoms with Crippen LogP contribution in [0.15, 0.2) is 12.1 Å². The molecular weight excluding hydrogens is 250 g/mol. The molecule has 1 aliphatic rings. The molecule has 1 aromatic heterocycles. The van der Waals surface area contributed by atoms with Crippen LogP contribution in [0.2, 0.25) is 0 Å². The molecular formula is C17H21NO2. The van der Waals surface area contributed by atoms with Gasteiger partial charge in [0.15, 0.2) is 0 Å². The summed E-state index contributed by atoms with van der Waals surface area (Å²) < 4.78 is 7.50. The van der Waals surface area contributed by atoms with Crippen LogP contribution in [0.25, 0.3) is 10.9 Å². The summed E-state index contributed by atoms with van der Waals surface area (Å²) in [6.45, 7) is 7.61. The monoisotopic (exact) mass is 271 g/mol. The molecule has 0 unspecified atom stereocenters. The average molecular weight is 271 g/mol. The zero-order valence-electron chi connectivity index (χ0n) is 12.5. The van der Waals surface area contributed by atoms with Crippen molar-refractivity contribution in [3.8, 4) is 0 Å². The lowest BCUT2D eigenvalue weighted by Gasteiger charge is -2.17. The topological polar surface area (TPSA) is 31.2 Å². The number of carbonyl (C=O) groups excluding carboxylic acids is 1. The zero-order chi connectivity index (χ0) is 14.3. The minimum absolute atomic E-state index is 0.128. The van der Waals surface area contributed by atoms with Gasteiger partial charge in [-0.15, -0.1) is 0 Å². The number of aryl methyl sites for hydroxylation is 3. The van der Waals surface area contributed by atoms with Crippen LogP contribution in [0.4, 0.5) is 0 Å². The van der Waals surface area contributed by atoms with Gasteiger partial charge in [-0.05, 0) is 50.8 Å². The van der Waals surface area contributed by atoms with E-state index in [2.05, 4.69) is 30.5 Å². The molecule has 106 valence electrons. The maximum absolute atomic E-state index is 11.9. The molecule has 3 nitrogen and oxygen atoms in total. The van der Waals surface area contributed by atoms with Gasteiger partial charge in [0.1, 0.15) is 0 Å². The van der Waals surface area contributed by atoms with Crippen molar-refractivity contribution in [1.29, 1.82) is 0 Å². The summed E-state index contributed by atoms with van der Waals surface area (Å²) in [7, 11) is 0. The summed E-state index contributed by atoms with van der Waals surface area (Å²) in [6, 6.07) is 4.49. The first-order valence-electron chi connectivity index (χ1n) is 7.38. The van der Waals surface area contributed by atoms with Crippen molar-refractivity contribution in [1.82, 2.24) is 4.57 Å². The molecule has 0 radical (unpaired) electrons. The van der Waals surface area contributed by atoms with Gasteiger partial charge in [-0.25, -0.2) is 0 Å². The van der Waals surface area contributed by atoms with Crippen molar-refractivity contribution >= 4 is 16.9 Å². The van der Waals surface area contributed by atoms with Gasteiger partial charge in [-0.3, -0.25) is 4.79 Å². The summed E-state index contributed by atoms with van der Waals surface area (Å²) >= 11 is 0. The molecule has 3 heteroatoms. The first kappa shape index (κ1) is 13.2. The molecule has 20 heavy (non-hydrogen) atoms. The zero-order valence-corrected chi connectivity index (χ0v) is 12.5. The third-order valence-electron chi connectivity index (χ3n) is 4.22. The van der Waals surface area contributed by atoms with Crippen molar-refractivity contribution in [2.45, 2.75) is 46.6 Å². The molecule has 2 aromatic rings. The number of aromatic nitrogens is 1. The lowest BCUT2D eigenvalue weighted by atomic mass is 9.99. The van der Waals surface area contributed by atoms with E-state index in [-0.39, 0.29) is 5.97 Å². The first-order valence-corrected chi connectivity index (χ1v) is 7.38. The highest BCUT2D eigenvalue weighted by Gasteiger charge is 2.21. The summed E-state index contributed by atoms with van der Waals surface area (Å²) in [4.78, 5) is 11.9. The lowest BCUT2D eigenvalue weighted by Crippen LogP contribution is -2.10. The van der Waals surface area contributed by atoms with Gasteiger partial charge in [-0.2, -0.15) is 0 Å². The minimum atomic E-state index is -0.128. The van der Waals surface area contributed by atoms with Gasteiger partial charge < -0.3 is 9.30 Å². The van der Waals surface area contributed by atoms with Crippen LogP contribution in [0.1, 0.15) is 35.7 Å². The van der Waals surface area contributed by atoms with Gasteiger partial charge in [-0.1, -0.05) is 11.6 Å². The second-order valence-electron chi connectivity index (χ2n) is 5.62. The maximum atomic E-state index is 11.9. The fourth-order valence-corrected chi connectivity index (χ4v) is 3.41. The van der Waals surface area contributed by atoms with Crippen LogP contribution < -0.4 is 0 Å². The number of nitrogens with zero attached hydrogens (tertiary/aromatic N) is 1. The highest BCUT2D eigenvalue weighted by atomic mass is 16.5. The number of carbonyl (C=O) groups is 1. The Labute approximate surface area is 119 Å². The Hall–Kier alpha value is -1.77. The van der Waals surface area contributed by atoms with Gasteiger partial charge in [0.05, 0.1) is 18.5 Å². The second-order valence-corrected chi connectivity index (χ2v) is 5.62. The molecule has 0 bridgehead atoms. The first-order chi connectivity index (χ1) is 9.61. The number of rotatable bonds is 3. The Balaban J connectivity index is 2.17. The maximum Gasteiger partial charge on any atom is 0.310 e. The number of benzene rings is 1. The van der Waals surface area contributed by atoms with E-state index in [1.165, 1.54) is 34.1 Å². The summed E-state index contributed by atoms with van der Waals surface area (Å²) in [5.41, 5.74) is 6.39. The molecule has 0 spiro atoms. The molecule has 2 heterocycles.